The second kappa shape index (κ2) is 6.28. The van der Waals surface area contributed by atoms with Crippen LogP contribution in [0.2, 0.25) is 0 Å². The topological polar surface area (TPSA) is 52.7 Å². The van der Waals surface area contributed by atoms with E-state index in [-0.39, 0.29) is 18.2 Å². The van der Waals surface area contributed by atoms with Crippen molar-refractivity contribution in [3.63, 3.8) is 0 Å². The first-order valence-corrected chi connectivity index (χ1v) is 8.08. The van der Waals surface area contributed by atoms with Gasteiger partial charge in [0, 0.05) is 44.3 Å². The van der Waals surface area contributed by atoms with Gasteiger partial charge in [-0.1, -0.05) is 6.07 Å². The molecule has 1 aromatic rings. The Kier molecular flexibility index (Phi) is 4.35. The molecule has 0 radical (unpaired) electrons. The zero-order valence-electron chi connectivity index (χ0n) is 13.5. The van der Waals surface area contributed by atoms with Gasteiger partial charge in [-0.3, -0.25) is 14.5 Å². The van der Waals surface area contributed by atoms with Crippen LogP contribution in [0.1, 0.15) is 31.7 Å². The molecule has 2 aliphatic heterocycles. The SMILES string of the molecule is CC(C)N1CCN(C(=O)C2CC(=O)Nc3cc(F)ccc32)CC1. The average Bonchev–Trinajstić information content (AvgIpc) is 2.53. The van der Waals surface area contributed by atoms with E-state index in [9.17, 15) is 14.0 Å². The van der Waals surface area contributed by atoms with Gasteiger partial charge < -0.3 is 10.2 Å². The summed E-state index contributed by atoms with van der Waals surface area (Å²) >= 11 is 0. The number of hydrogen-bond acceptors (Lipinski definition) is 3. The predicted octanol–water partition coefficient (Wildman–Crippen LogP) is 1.80. The lowest BCUT2D eigenvalue weighted by Crippen LogP contribution is -2.52. The maximum Gasteiger partial charge on any atom is 0.230 e. The van der Waals surface area contributed by atoms with Crippen LogP contribution in [0.4, 0.5) is 10.1 Å². The molecular weight excluding hydrogens is 297 g/mol. The second-order valence-electron chi connectivity index (χ2n) is 6.49. The summed E-state index contributed by atoms with van der Waals surface area (Å²) in [4.78, 5) is 28.9. The molecule has 1 N–H and O–H groups in total. The molecule has 0 bridgehead atoms. The third-order valence-corrected chi connectivity index (χ3v) is 4.71. The fourth-order valence-corrected chi connectivity index (χ4v) is 3.34. The molecule has 3 rings (SSSR count). The molecule has 124 valence electrons. The number of piperazine rings is 1. The molecule has 1 unspecified atom stereocenters. The van der Waals surface area contributed by atoms with Crippen molar-refractivity contribution in [1.29, 1.82) is 0 Å². The van der Waals surface area contributed by atoms with Gasteiger partial charge in [-0.2, -0.15) is 0 Å². The maximum absolute atomic E-state index is 13.4. The van der Waals surface area contributed by atoms with Crippen LogP contribution >= 0.6 is 0 Å². The molecule has 0 saturated carbocycles. The van der Waals surface area contributed by atoms with Crippen molar-refractivity contribution in [3.05, 3.63) is 29.6 Å². The second-order valence-corrected chi connectivity index (χ2v) is 6.49. The fraction of sp³-hybridized carbons (Fsp3) is 0.529. The van der Waals surface area contributed by atoms with Crippen molar-refractivity contribution in [1.82, 2.24) is 9.80 Å². The van der Waals surface area contributed by atoms with E-state index < -0.39 is 11.7 Å². The quantitative estimate of drug-likeness (QED) is 0.904. The Balaban J connectivity index is 1.77. The number of fused-ring (bicyclic) bond motifs is 1. The van der Waals surface area contributed by atoms with Crippen LogP contribution in [-0.2, 0) is 9.59 Å². The lowest BCUT2D eigenvalue weighted by Gasteiger charge is -2.39. The highest BCUT2D eigenvalue weighted by molar-refractivity contribution is 6.01. The van der Waals surface area contributed by atoms with E-state index in [1.165, 1.54) is 12.1 Å². The molecule has 5 nitrogen and oxygen atoms in total. The first-order chi connectivity index (χ1) is 11.0. The largest absolute Gasteiger partial charge is 0.340 e. The first-order valence-electron chi connectivity index (χ1n) is 8.08. The summed E-state index contributed by atoms with van der Waals surface area (Å²) in [6.07, 6.45) is 0.127. The molecule has 0 aromatic heterocycles. The van der Waals surface area contributed by atoms with E-state index in [1.54, 1.807) is 6.07 Å². The average molecular weight is 319 g/mol. The van der Waals surface area contributed by atoms with Gasteiger partial charge in [-0.25, -0.2) is 4.39 Å². The molecule has 23 heavy (non-hydrogen) atoms. The molecule has 2 amide bonds. The third-order valence-electron chi connectivity index (χ3n) is 4.71. The number of amides is 2. The lowest BCUT2D eigenvalue weighted by molar-refractivity contribution is -0.136. The van der Waals surface area contributed by atoms with E-state index in [4.69, 9.17) is 0 Å². The van der Waals surface area contributed by atoms with E-state index in [1.807, 2.05) is 4.90 Å². The van der Waals surface area contributed by atoms with Gasteiger partial charge in [-0.15, -0.1) is 0 Å². The number of carbonyl (C=O) groups is 2. The zero-order chi connectivity index (χ0) is 16.6. The van der Waals surface area contributed by atoms with Gasteiger partial charge in [-0.05, 0) is 31.5 Å². The number of rotatable bonds is 2. The fourth-order valence-electron chi connectivity index (χ4n) is 3.34. The maximum atomic E-state index is 13.4. The monoisotopic (exact) mass is 319 g/mol. The van der Waals surface area contributed by atoms with Crippen molar-refractivity contribution >= 4 is 17.5 Å². The predicted molar refractivity (Wildman–Crippen MR) is 85.7 cm³/mol. The molecule has 0 spiro atoms. The number of nitrogens with one attached hydrogen (secondary N) is 1. The Morgan fingerprint density at radius 3 is 2.61 bits per heavy atom. The molecule has 0 aliphatic carbocycles. The highest BCUT2D eigenvalue weighted by Crippen LogP contribution is 2.34. The van der Waals surface area contributed by atoms with Crippen LogP contribution in [0, 0.1) is 5.82 Å². The highest BCUT2D eigenvalue weighted by atomic mass is 19.1. The van der Waals surface area contributed by atoms with E-state index in [0.29, 0.717) is 30.4 Å². The zero-order valence-corrected chi connectivity index (χ0v) is 13.5. The van der Waals surface area contributed by atoms with Crippen molar-refractivity contribution in [2.45, 2.75) is 32.2 Å². The Labute approximate surface area is 135 Å². The molecule has 1 saturated heterocycles. The number of carbonyl (C=O) groups excluding carboxylic acids is 2. The standard InChI is InChI=1S/C17H22FN3O2/c1-11(2)20-5-7-21(8-6-20)17(23)14-10-16(22)19-15-9-12(18)3-4-13(14)15/h3-4,9,11,14H,5-8,10H2,1-2H3,(H,19,22). The number of halogens is 1. The summed E-state index contributed by atoms with van der Waals surface area (Å²) < 4.78 is 13.4. The van der Waals surface area contributed by atoms with E-state index in [2.05, 4.69) is 24.1 Å². The molecular formula is C17H22FN3O2. The summed E-state index contributed by atoms with van der Waals surface area (Å²) in [6.45, 7) is 7.33. The summed E-state index contributed by atoms with van der Waals surface area (Å²) in [7, 11) is 0. The van der Waals surface area contributed by atoms with Gasteiger partial charge >= 0.3 is 0 Å². The minimum absolute atomic E-state index is 0.0314. The minimum atomic E-state index is -0.509. The molecule has 6 heteroatoms. The van der Waals surface area contributed by atoms with Crippen LogP contribution in [0.15, 0.2) is 18.2 Å². The van der Waals surface area contributed by atoms with Crippen LogP contribution in [0.5, 0.6) is 0 Å². The molecule has 1 atom stereocenters. The van der Waals surface area contributed by atoms with Crippen molar-refractivity contribution in [2.75, 3.05) is 31.5 Å². The Morgan fingerprint density at radius 1 is 1.26 bits per heavy atom. The van der Waals surface area contributed by atoms with Crippen molar-refractivity contribution < 1.29 is 14.0 Å². The Bertz CT molecular complexity index is 624. The lowest BCUT2D eigenvalue weighted by atomic mass is 9.89. The van der Waals surface area contributed by atoms with Crippen molar-refractivity contribution in [2.24, 2.45) is 0 Å². The van der Waals surface area contributed by atoms with Gasteiger partial charge in [0.15, 0.2) is 0 Å². The highest BCUT2D eigenvalue weighted by Gasteiger charge is 2.34. The number of hydrogen-bond donors (Lipinski definition) is 1. The molecule has 2 aliphatic rings. The summed E-state index contributed by atoms with van der Waals surface area (Å²) in [5, 5.41) is 2.65. The number of nitrogens with zero attached hydrogens (tertiary/aromatic N) is 2. The summed E-state index contributed by atoms with van der Waals surface area (Å²) in [6, 6.07) is 4.70. The minimum Gasteiger partial charge on any atom is -0.340 e. The van der Waals surface area contributed by atoms with Gasteiger partial charge in [0.1, 0.15) is 5.82 Å². The number of anilines is 1. The summed E-state index contributed by atoms with van der Waals surface area (Å²) in [5.41, 5.74) is 1.13. The normalized spacial score (nSPS) is 22.0. The smallest absolute Gasteiger partial charge is 0.230 e. The Morgan fingerprint density at radius 2 is 1.96 bits per heavy atom. The van der Waals surface area contributed by atoms with Gasteiger partial charge in [0.2, 0.25) is 11.8 Å². The molecule has 2 heterocycles. The third kappa shape index (κ3) is 3.22. The van der Waals surface area contributed by atoms with Gasteiger partial charge in [0.05, 0.1) is 5.92 Å². The van der Waals surface area contributed by atoms with Gasteiger partial charge in [0.25, 0.3) is 0 Å². The molecule has 1 aromatic carbocycles. The Hall–Kier alpha value is -1.95. The first kappa shape index (κ1) is 15.9. The van der Waals surface area contributed by atoms with Crippen molar-refractivity contribution in [3.8, 4) is 0 Å². The van der Waals surface area contributed by atoms with Crippen LogP contribution in [0.25, 0.3) is 0 Å². The summed E-state index contributed by atoms with van der Waals surface area (Å²) in [5.74, 6) is -1.19. The molecule has 1 fully saturated rings. The van der Waals surface area contributed by atoms with Crippen LogP contribution in [-0.4, -0.2) is 53.8 Å². The van der Waals surface area contributed by atoms with E-state index in [0.717, 1.165) is 13.1 Å². The van der Waals surface area contributed by atoms with Crippen LogP contribution < -0.4 is 5.32 Å². The number of benzene rings is 1. The van der Waals surface area contributed by atoms with E-state index >= 15 is 0 Å². The van der Waals surface area contributed by atoms with Crippen LogP contribution in [0.3, 0.4) is 0 Å².